The smallest absolute Gasteiger partial charge is 0.203 e. The van der Waals surface area contributed by atoms with Gasteiger partial charge in [0.25, 0.3) is 0 Å². The van der Waals surface area contributed by atoms with Gasteiger partial charge in [-0.15, -0.1) is 15.3 Å². The fourth-order valence-electron chi connectivity index (χ4n) is 3.31. The Morgan fingerprint density at radius 2 is 1.22 bits per heavy atom. The van der Waals surface area contributed by atoms with Crippen LogP contribution in [0.3, 0.4) is 0 Å². The molecular formula is C47H54N18O4. The van der Waals surface area contributed by atoms with Gasteiger partial charge in [0.05, 0.1) is 44.1 Å². The Balaban J connectivity index is 0.000000377. The quantitative estimate of drug-likeness (QED) is 0.142. The molecule has 0 spiro atoms. The van der Waals surface area contributed by atoms with Gasteiger partial charge in [0.2, 0.25) is 5.76 Å². The van der Waals surface area contributed by atoms with E-state index < -0.39 is 0 Å². The zero-order valence-electron chi connectivity index (χ0n) is 38.5. The van der Waals surface area contributed by atoms with Crippen molar-refractivity contribution in [2.75, 3.05) is 6.54 Å². The molecule has 0 atom stereocenters. The molecule has 11 aromatic rings. The first kappa shape index (κ1) is 57.0. The van der Waals surface area contributed by atoms with Crippen LogP contribution >= 0.6 is 0 Å². The van der Waals surface area contributed by atoms with E-state index in [1.165, 1.54) is 36.2 Å². The van der Waals surface area contributed by atoms with Crippen molar-refractivity contribution in [3.8, 4) is 6.07 Å². The number of furan rings is 2. The predicted molar refractivity (Wildman–Crippen MR) is 257 cm³/mol. The van der Waals surface area contributed by atoms with Crippen LogP contribution in [0.5, 0.6) is 0 Å². The van der Waals surface area contributed by atoms with Gasteiger partial charge >= 0.3 is 0 Å². The summed E-state index contributed by atoms with van der Waals surface area (Å²) in [5.41, 5.74) is 0. The molecule has 0 saturated carbocycles. The second kappa shape index (κ2) is 46.0. The normalized spacial score (nSPS) is 8.97. The lowest BCUT2D eigenvalue weighted by molar-refractivity contribution is 0.420. The van der Waals surface area contributed by atoms with Gasteiger partial charge in [-0.05, 0) is 77.2 Å². The minimum atomic E-state index is 0.361. The number of nitrogens with zero attached hydrogens (tertiary/aromatic N) is 18. The number of benzene rings is 1. The van der Waals surface area contributed by atoms with Crippen molar-refractivity contribution in [2.24, 2.45) is 33.2 Å². The van der Waals surface area contributed by atoms with E-state index in [0.717, 1.165) is 6.54 Å². The summed E-state index contributed by atoms with van der Waals surface area (Å²) in [6.07, 6.45) is 38.7. The molecule has 22 heteroatoms. The van der Waals surface area contributed by atoms with Crippen LogP contribution < -0.4 is 0 Å². The fraction of sp³-hybridized carbons (Fsp3) is 0.106. The molecule has 0 unspecified atom stereocenters. The molecule has 22 nitrogen and oxygen atoms in total. The number of hydrogen-bond donors (Lipinski definition) is 0. The van der Waals surface area contributed by atoms with E-state index in [9.17, 15) is 0 Å². The van der Waals surface area contributed by atoms with E-state index in [4.69, 9.17) is 5.26 Å². The maximum Gasteiger partial charge on any atom is 0.203 e. The Hall–Kier alpha value is -10.0. The van der Waals surface area contributed by atoms with Crippen molar-refractivity contribution in [3.05, 3.63) is 246 Å². The molecule has 10 aromatic heterocycles. The highest BCUT2D eigenvalue weighted by molar-refractivity contribution is 5.73. The lowest BCUT2D eigenvalue weighted by Crippen LogP contribution is -1.85. The van der Waals surface area contributed by atoms with Gasteiger partial charge in [0.1, 0.15) is 37.6 Å². The predicted octanol–water partition coefficient (Wildman–Crippen LogP) is 7.52. The first-order valence-corrected chi connectivity index (χ1v) is 20.1. The lowest BCUT2D eigenvalue weighted by Gasteiger charge is -1.77. The molecule has 12 rings (SSSR count). The number of aryl methyl sites for hydroxylation is 4. The molecule has 356 valence electrons. The average Bonchev–Trinajstić information content (AvgIpc) is 4.26. The molecule has 0 aliphatic carbocycles. The number of pyridine rings is 1. The first-order chi connectivity index (χ1) is 34.0. The molecule has 0 bridgehead atoms. The summed E-state index contributed by atoms with van der Waals surface area (Å²) in [6, 6.07) is 33.8. The van der Waals surface area contributed by atoms with Crippen molar-refractivity contribution in [1.82, 2.24) is 79.6 Å². The summed E-state index contributed by atoms with van der Waals surface area (Å²) in [7, 11) is 7.47. The number of oxazole rings is 1. The third kappa shape index (κ3) is 43.0. The number of tetrazole rings is 1. The molecule has 1 aliphatic rings. The molecular weight excluding hydrogens is 881 g/mol. The highest BCUT2D eigenvalue weighted by atomic mass is 16.5. The monoisotopic (exact) mass is 934 g/mol. The van der Waals surface area contributed by atoms with Crippen LogP contribution in [0.1, 0.15) is 5.76 Å². The summed E-state index contributed by atoms with van der Waals surface area (Å²) in [4.78, 5) is 15.0. The summed E-state index contributed by atoms with van der Waals surface area (Å²) < 4.78 is 25.0. The summed E-state index contributed by atoms with van der Waals surface area (Å²) >= 11 is 0. The standard InChI is InChI=1S/C6H6.C5H3NO.C5H5N.2C4H6N2.C4H4N2.C4H5N.C4H4O.C3H5N3.2C3H3NO.C2H4N4/c1-2-4-6-5-3-1;6-4-5-2-1-3-7-5;1-2-4-6-5-3-1;1-6-3-2-5-4-6;1-6-4-2-3-5-6;1-2-4-6-5-3-1;2*1-2-4-5-3-1;1-6-2-4-5-3-6;1-2-5-3-4-1;1-2-4-5-3-1;1-6-2-3-4-5-6/h1-6H;1-3H;1-5H;2*2-4H,1H3;1-4H;1-3H,4H2;1-4H;2-3H,1H3;2*1-3H;2H,1H3. The molecule has 69 heavy (non-hydrogen) atoms. The van der Waals surface area contributed by atoms with E-state index in [1.807, 2.05) is 141 Å². The summed E-state index contributed by atoms with van der Waals surface area (Å²) in [5, 5.41) is 39.6. The van der Waals surface area contributed by atoms with Crippen LogP contribution in [-0.2, 0) is 28.2 Å². The van der Waals surface area contributed by atoms with Crippen molar-refractivity contribution >= 4 is 6.21 Å². The van der Waals surface area contributed by atoms with Crippen LogP contribution in [0, 0.1) is 11.3 Å². The average molecular weight is 935 g/mol. The zero-order chi connectivity index (χ0) is 49.6. The Bertz CT molecular complexity index is 2140. The molecule has 0 amide bonds. The number of aliphatic imine (C=N–C) groups is 1. The Morgan fingerprint density at radius 3 is 1.41 bits per heavy atom. The second-order valence-electron chi connectivity index (χ2n) is 11.8. The largest absolute Gasteiger partial charge is 0.473 e. The number of aromatic nitrogens is 16. The number of imidazole rings is 1. The summed E-state index contributed by atoms with van der Waals surface area (Å²) in [5.74, 6) is 0.361. The van der Waals surface area contributed by atoms with Crippen LogP contribution in [-0.4, -0.2) is 92.4 Å². The van der Waals surface area contributed by atoms with Crippen LogP contribution in [0.4, 0.5) is 0 Å². The van der Waals surface area contributed by atoms with Gasteiger partial charge in [-0.1, -0.05) is 53.7 Å². The number of allylic oxidation sites excluding steroid dienone is 1. The maximum atomic E-state index is 8.08. The van der Waals surface area contributed by atoms with Crippen molar-refractivity contribution in [2.45, 2.75) is 0 Å². The van der Waals surface area contributed by atoms with Crippen LogP contribution in [0.25, 0.3) is 0 Å². The second-order valence-corrected chi connectivity index (χ2v) is 11.8. The number of hydrogen-bond acceptors (Lipinski definition) is 18. The molecule has 1 aromatic carbocycles. The number of rotatable bonds is 0. The molecule has 0 saturated heterocycles. The highest BCUT2D eigenvalue weighted by Gasteiger charge is 1.84. The van der Waals surface area contributed by atoms with Crippen LogP contribution in [0.15, 0.2) is 263 Å². The van der Waals surface area contributed by atoms with Gasteiger partial charge in [-0.25, -0.2) is 14.6 Å². The van der Waals surface area contributed by atoms with E-state index in [1.54, 1.807) is 122 Å². The topological polar surface area (TPSA) is 263 Å². The first-order valence-electron chi connectivity index (χ1n) is 20.1. The zero-order valence-corrected chi connectivity index (χ0v) is 38.5. The van der Waals surface area contributed by atoms with Gasteiger partial charge in [-0.2, -0.15) is 20.6 Å². The van der Waals surface area contributed by atoms with Gasteiger partial charge < -0.3 is 26.9 Å². The van der Waals surface area contributed by atoms with Crippen molar-refractivity contribution in [1.29, 1.82) is 5.26 Å². The maximum absolute atomic E-state index is 8.08. The van der Waals surface area contributed by atoms with Crippen molar-refractivity contribution < 1.29 is 17.8 Å². The Morgan fingerprint density at radius 1 is 0.522 bits per heavy atom. The van der Waals surface area contributed by atoms with E-state index >= 15 is 0 Å². The molecule has 0 radical (unpaired) electrons. The van der Waals surface area contributed by atoms with Gasteiger partial charge in [0, 0.05) is 84.0 Å². The molecule has 11 heterocycles. The minimum absolute atomic E-state index is 0.361. The third-order valence-electron chi connectivity index (χ3n) is 6.26. The molecule has 1 aliphatic heterocycles. The highest BCUT2D eigenvalue weighted by Crippen LogP contribution is 1.94. The lowest BCUT2D eigenvalue weighted by atomic mass is 10.4. The molecule has 0 fully saturated rings. The Kier molecular flexibility index (Phi) is 38.0. The third-order valence-corrected chi connectivity index (χ3v) is 6.26. The SMILES string of the molecule is C1=CCN=C1.Cn1cccn1.Cn1ccnc1.Cn1cnnc1.Cn1cnnn1.N#Cc1ccco1.c1ccccc1.c1ccncc1.c1ccnnc1.c1ccoc1.c1cnoc1.c1cocn1. The van der Waals surface area contributed by atoms with E-state index in [-0.39, 0.29) is 0 Å². The minimum Gasteiger partial charge on any atom is -0.473 e. The van der Waals surface area contributed by atoms with Crippen molar-refractivity contribution in [3.63, 3.8) is 0 Å². The van der Waals surface area contributed by atoms with E-state index in [2.05, 4.69) is 83.9 Å². The summed E-state index contributed by atoms with van der Waals surface area (Å²) in [6.45, 7) is 0.889. The van der Waals surface area contributed by atoms with E-state index in [0.29, 0.717) is 5.76 Å². The van der Waals surface area contributed by atoms with Gasteiger partial charge in [-0.3, -0.25) is 14.7 Å². The van der Waals surface area contributed by atoms with Crippen LogP contribution in [0.2, 0.25) is 0 Å². The molecule has 0 N–H and O–H groups in total. The number of nitriles is 1. The van der Waals surface area contributed by atoms with Gasteiger partial charge in [0.15, 0.2) is 6.39 Å². The Labute approximate surface area is 399 Å². The fourth-order valence-corrected chi connectivity index (χ4v) is 3.31.